The van der Waals surface area contributed by atoms with Crippen molar-refractivity contribution >= 4 is 17.8 Å². The van der Waals surface area contributed by atoms with Crippen molar-refractivity contribution in [3.63, 3.8) is 0 Å². The summed E-state index contributed by atoms with van der Waals surface area (Å²) in [5, 5.41) is 13.6. The number of aromatic nitrogens is 3. The monoisotopic (exact) mass is 465 g/mol. The highest BCUT2D eigenvalue weighted by Gasteiger charge is 2.50. The Balaban J connectivity index is 1.15. The van der Waals surface area contributed by atoms with E-state index in [2.05, 4.69) is 20.9 Å². The Morgan fingerprint density at radius 1 is 1.03 bits per heavy atom. The van der Waals surface area contributed by atoms with Crippen molar-refractivity contribution in [1.82, 2.24) is 25.6 Å². The maximum Gasteiger partial charge on any atom is 0.407 e. The molecule has 11 nitrogen and oxygen atoms in total. The number of ketones is 1. The van der Waals surface area contributed by atoms with Crippen LogP contribution < -0.4 is 10.6 Å². The minimum absolute atomic E-state index is 0.0453. The fraction of sp³-hybridized carbons (Fsp3) is 0.773. The topological polar surface area (TPSA) is 134 Å². The highest BCUT2D eigenvalue weighted by atomic mass is 16.6. The molecule has 1 heterocycles. The predicted molar refractivity (Wildman–Crippen MR) is 117 cm³/mol. The van der Waals surface area contributed by atoms with Crippen molar-refractivity contribution in [2.24, 2.45) is 24.8 Å². The lowest BCUT2D eigenvalue weighted by Crippen LogP contribution is -2.29. The highest BCUT2D eigenvalue weighted by Crippen LogP contribution is 2.52. The molecule has 0 spiro atoms. The van der Waals surface area contributed by atoms with E-state index in [0.717, 1.165) is 31.4 Å². The number of rotatable bonds is 13. The number of carbonyl (C=O) groups excluding carboxylic acids is 3. The van der Waals surface area contributed by atoms with E-state index in [9.17, 15) is 14.4 Å². The first-order chi connectivity index (χ1) is 16.0. The number of nitrogens with one attached hydrogen (secondary N) is 2. The summed E-state index contributed by atoms with van der Waals surface area (Å²) < 4.78 is 18.0. The van der Waals surface area contributed by atoms with Crippen molar-refractivity contribution in [3.8, 4) is 0 Å². The van der Waals surface area contributed by atoms with E-state index < -0.39 is 6.09 Å². The number of aryl methyl sites for hydroxylation is 2. The third-order valence-electron chi connectivity index (χ3n) is 6.26. The van der Waals surface area contributed by atoms with Crippen LogP contribution in [0.4, 0.5) is 4.79 Å². The molecule has 0 unspecified atom stereocenters. The Bertz CT molecular complexity index is 813. The second-order valence-corrected chi connectivity index (χ2v) is 8.65. The number of fused-ring (bicyclic) bond motifs is 2. The zero-order chi connectivity index (χ0) is 23.6. The Hall–Kier alpha value is -2.53. The zero-order valence-electron chi connectivity index (χ0n) is 19.5. The van der Waals surface area contributed by atoms with Crippen LogP contribution in [0.3, 0.4) is 0 Å². The Morgan fingerprint density at radius 2 is 1.76 bits per heavy atom. The minimum Gasteiger partial charge on any atom is -0.449 e. The van der Waals surface area contributed by atoms with Gasteiger partial charge in [0.05, 0.1) is 51.0 Å². The first-order valence-electron chi connectivity index (χ1n) is 11.7. The molecule has 0 saturated heterocycles. The van der Waals surface area contributed by atoms with Gasteiger partial charge in [-0.15, -0.1) is 5.10 Å². The molecule has 11 heteroatoms. The Labute approximate surface area is 193 Å². The fourth-order valence-electron chi connectivity index (χ4n) is 4.40. The molecule has 3 rings (SSSR count). The summed E-state index contributed by atoms with van der Waals surface area (Å²) in [7, 11) is 1.94. The molecule has 33 heavy (non-hydrogen) atoms. The molecule has 2 aliphatic carbocycles. The summed E-state index contributed by atoms with van der Waals surface area (Å²) in [6, 6.07) is 0. The number of ether oxygens (including phenoxy) is 3. The third-order valence-corrected chi connectivity index (χ3v) is 6.26. The molecule has 1 aromatic rings. The van der Waals surface area contributed by atoms with E-state index in [1.807, 2.05) is 11.7 Å². The molecule has 2 aliphatic rings. The van der Waals surface area contributed by atoms with Gasteiger partial charge in [0.15, 0.2) is 0 Å². The first kappa shape index (κ1) is 25.1. The first-order valence-corrected chi connectivity index (χ1v) is 11.7. The molecule has 184 valence electrons. The maximum atomic E-state index is 11.9. The molecule has 0 radical (unpaired) electrons. The second-order valence-electron chi connectivity index (χ2n) is 8.65. The molecule has 3 atom stereocenters. The molecule has 2 N–H and O–H groups in total. The average molecular weight is 466 g/mol. The normalized spacial score (nSPS) is 21.2. The number of Topliss-reactive ketones (excluding diaryl/α,β-unsaturated/α-hetero) is 1. The van der Waals surface area contributed by atoms with Crippen molar-refractivity contribution in [3.05, 3.63) is 11.4 Å². The second kappa shape index (κ2) is 12.6. The van der Waals surface area contributed by atoms with Gasteiger partial charge < -0.3 is 24.8 Å². The van der Waals surface area contributed by atoms with Gasteiger partial charge in [0, 0.05) is 20.0 Å². The van der Waals surface area contributed by atoms with Gasteiger partial charge >= 0.3 is 6.09 Å². The van der Waals surface area contributed by atoms with Gasteiger partial charge in [0.25, 0.3) is 0 Å². The van der Waals surface area contributed by atoms with E-state index in [4.69, 9.17) is 14.2 Å². The molecule has 0 aliphatic heterocycles. The number of nitrogens with zero attached hydrogens (tertiary/aromatic N) is 3. The third kappa shape index (κ3) is 8.08. The van der Waals surface area contributed by atoms with E-state index in [1.54, 1.807) is 0 Å². The summed E-state index contributed by atoms with van der Waals surface area (Å²) in [6.45, 7) is 3.61. The van der Waals surface area contributed by atoms with Gasteiger partial charge in [0.2, 0.25) is 5.91 Å². The van der Waals surface area contributed by atoms with E-state index in [0.29, 0.717) is 50.7 Å². The van der Waals surface area contributed by atoms with Crippen molar-refractivity contribution in [2.45, 2.75) is 39.0 Å². The van der Waals surface area contributed by atoms with Crippen LogP contribution in [0, 0.1) is 17.8 Å². The van der Waals surface area contributed by atoms with Crippen molar-refractivity contribution < 1.29 is 28.6 Å². The van der Waals surface area contributed by atoms with Crippen LogP contribution in [0.2, 0.25) is 0 Å². The van der Waals surface area contributed by atoms with Gasteiger partial charge in [-0.05, 0) is 50.4 Å². The number of carbonyl (C=O) groups is 3. The van der Waals surface area contributed by atoms with E-state index >= 15 is 0 Å². The molecular formula is C22H35N5O6. The van der Waals surface area contributed by atoms with Crippen molar-refractivity contribution in [1.29, 1.82) is 0 Å². The van der Waals surface area contributed by atoms with Gasteiger partial charge in [-0.1, -0.05) is 5.21 Å². The minimum atomic E-state index is -0.417. The number of alkyl carbamates (subject to hydrolysis) is 1. The molecule has 0 aromatic carbocycles. The largest absolute Gasteiger partial charge is 0.449 e. The molecule has 1 aromatic heterocycles. The van der Waals surface area contributed by atoms with E-state index in [-0.39, 0.29) is 31.3 Å². The van der Waals surface area contributed by atoms with Crippen LogP contribution in [-0.2, 0) is 43.7 Å². The summed E-state index contributed by atoms with van der Waals surface area (Å²) in [5.74, 6) is 1.36. The molecular weight excluding hydrogens is 430 g/mol. The summed E-state index contributed by atoms with van der Waals surface area (Å²) in [5.41, 5.74) is 2.35. The number of hydrogen-bond acceptors (Lipinski definition) is 8. The zero-order valence-corrected chi connectivity index (χ0v) is 19.5. The van der Waals surface area contributed by atoms with Crippen LogP contribution in [0.25, 0.3) is 0 Å². The van der Waals surface area contributed by atoms with E-state index in [1.165, 1.54) is 12.6 Å². The smallest absolute Gasteiger partial charge is 0.407 e. The standard InChI is InChI=1S/C22H35N5O6/c1-15(28)13-24-21(29)7-9-31-11-12-32-10-8-23-22(30)33-14-18-16-3-5-19-20(6-4-17(16)18)27(2)26-25-19/h16-18H,3-14H2,1-2H3,(H,23,30)(H,24,29)/t16-,17+,18-/m1/s1. The predicted octanol–water partition coefficient (Wildman–Crippen LogP) is 0.411. The highest BCUT2D eigenvalue weighted by molar-refractivity contribution is 5.84. The molecule has 1 saturated carbocycles. The van der Waals surface area contributed by atoms with Crippen LogP contribution in [0.15, 0.2) is 0 Å². The summed E-state index contributed by atoms with van der Waals surface area (Å²) >= 11 is 0. The van der Waals surface area contributed by atoms with Crippen LogP contribution in [0.1, 0.15) is 37.6 Å². The summed E-state index contributed by atoms with van der Waals surface area (Å²) in [4.78, 5) is 34.1. The van der Waals surface area contributed by atoms with Gasteiger partial charge in [-0.3, -0.25) is 14.3 Å². The number of amides is 2. The number of hydrogen-bond donors (Lipinski definition) is 2. The lowest BCUT2D eigenvalue weighted by molar-refractivity contribution is -0.125. The maximum absolute atomic E-state index is 11.9. The Kier molecular flexibility index (Phi) is 9.61. The fourth-order valence-corrected chi connectivity index (χ4v) is 4.40. The lowest BCUT2D eigenvalue weighted by atomic mass is 10.0. The Morgan fingerprint density at radius 3 is 2.52 bits per heavy atom. The summed E-state index contributed by atoms with van der Waals surface area (Å²) in [6.07, 6.45) is 3.88. The van der Waals surface area contributed by atoms with Gasteiger partial charge in [-0.25, -0.2) is 4.79 Å². The van der Waals surface area contributed by atoms with Crippen LogP contribution >= 0.6 is 0 Å². The molecule has 0 bridgehead atoms. The lowest BCUT2D eigenvalue weighted by Gasteiger charge is -2.08. The molecule has 1 fully saturated rings. The SMILES string of the molecule is CC(=O)CNC(=O)CCOCCOCCNC(=O)OC[C@@H]1[C@@H]2CCc3nnn(C)c3CC[C@@H]21. The van der Waals surface area contributed by atoms with Crippen LogP contribution in [0.5, 0.6) is 0 Å². The van der Waals surface area contributed by atoms with Gasteiger partial charge in [0.1, 0.15) is 5.78 Å². The van der Waals surface area contributed by atoms with Crippen LogP contribution in [-0.4, -0.2) is 78.9 Å². The van der Waals surface area contributed by atoms with Crippen molar-refractivity contribution in [2.75, 3.05) is 46.1 Å². The molecule has 2 amide bonds. The quantitative estimate of drug-likeness (QED) is 0.400. The average Bonchev–Trinajstić information content (AvgIpc) is 3.31. The van der Waals surface area contributed by atoms with Gasteiger partial charge in [-0.2, -0.15) is 0 Å².